The fraction of sp³-hybridized carbons (Fsp3) is 0.190. The van der Waals surface area contributed by atoms with Gasteiger partial charge in [-0.15, -0.1) is 0 Å². The summed E-state index contributed by atoms with van der Waals surface area (Å²) in [4.78, 5) is 12.2. The van der Waals surface area contributed by atoms with E-state index in [1.807, 2.05) is 16.8 Å². The Balaban J connectivity index is 1.79. The van der Waals surface area contributed by atoms with Crippen LogP contribution in [0.4, 0.5) is 14.5 Å². The first-order valence-corrected chi connectivity index (χ1v) is 9.53. The van der Waals surface area contributed by atoms with E-state index in [9.17, 15) is 13.6 Å². The number of ether oxygens (including phenoxy) is 2. The fourth-order valence-electron chi connectivity index (χ4n) is 2.72. The Bertz CT molecular complexity index is 912. The Labute approximate surface area is 165 Å². The maximum Gasteiger partial charge on any atom is 0.387 e. The minimum absolute atomic E-state index is 0.0384. The number of anilines is 1. The number of amides is 1. The highest BCUT2D eigenvalue weighted by Crippen LogP contribution is 2.34. The molecule has 146 valence electrons. The van der Waals surface area contributed by atoms with Gasteiger partial charge in [-0.3, -0.25) is 4.79 Å². The topological polar surface area (TPSA) is 47.6 Å². The Hall–Kier alpha value is -2.93. The van der Waals surface area contributed by atoms with Gasteiger partial charge in [-0.2, -0.15) is 20.1 Å². The summed E-state index contributed by atoms with van der Waals surface area (Å²) < 4.78 is 35.3. The van der Waals surface area contributed by atoms with E-state index >= 15 is 0 Å². The second kappa shape index (κ2) is 9.32. The lowest BCUT2D eigenvalue weighted by molar-refractivity contribution is -0.116. The lowest BCUT2D eigenvalue weighted by Crippen LogP contribution is -2.12. The molecule has 0 unspecified atom stereocenters. The van der Waals surface area contributed by atoms with E-state index in [4.69, 9.17) is 4.74 Å². The number of carbonyl (C=O) groups is 1. The van der Waals surface area contributed by atoms with Gasteiger partial charge < -0.3 is 14.8 Å². The average molecular weight is 403 g/mol. The highest BCUT2D eigenvalue weighted by Gasteiger charge is 2.14. The molecule has 0 aliphatic carbocycles. The van der Waals surface area contributed by atoms with Gasteiger partial charge >= 0.3 is 6.61 Å². The predicted octanol–water partition coefficient (Wildman–Crippen LogP) is 5.60. The van der Waals surface area contributed by atoms with Crippen LogP contribution in [0.15, 0.2) is 59.3 Å². The SMILES string of the molecule is COc1ccc(-c2cc(NC(=O)CCc3ccsc3)ccc2OC(F)F)cc1. The molecular weight excluding hydrogens is 384 g/mol. The summed E-state index contributed by atoms with van der Waals surface area (Å²) in [5.74, 6) is 0.545. The Morgan fingerprint density at radius 3 is 2.57 bits per heavy atom. The lowest BCUT2D eigenvalue weighted by atomic mass is 10.0. The Kier molecular flexibility index (Phi) is 6.60. The maximum atomic E-state index is 12.8. The van der Waals surface area contributed by atoms with Crippen molar-refractivity contribution in [1.29, 1.82) is 0 Å². The van der Waals surface area contributed by atoms with Crippen molar-refractivity contribution in [1.82, 2.24) is 0 Å². The van der Waals surface area contributed by atoms with Crippen molar-refractivity contribution in [3.63, 3.8) is 0 Å². The van der Waals surface area contributed by atoms with Crippen LogP contribution in [0.5, 0.6) is 11.5 Å². The number of nitrogens with one attached hydrogen (secondary N) is 1. The van der Waals surface area contributed by atoms with Crippen molar-refractivity contribution < 1.29 is 23.0 Å². The second-order valence-electron chi connectivity index (χ2n) is 6.00. The quantitative estimate of drug-likeness (QED) is 0.533. The van der Waals surface area contributed by atoms with Crippen molar-refractivity contribution in [2.45, 2.75) is 19.5 Å². The number of hydrogen-bond donors (Lipinski definition) is 1. The summed E-state index contributed by atoms with van der Waals surface area (Å²) in [6.45, 7) is -2.94. The van der Waals surface area contributed by atoms with Crippen LogP contribution in [0.3, 0.4) is 0 Å². The standard InChI is InChI=1S/C21H19F2NO3S/c1-26-17-6-3-15(4-7-17)18-12-16(5-8-19(18)27-21(22)23)24-20(25)9-2-14-10-11-28-13-14/h3-8,10-13,21H,2,9H2,1H3,(H,24,25). The monoisotopic (exact) mass is 403 g/mol. The first kappa shape index (κ1) is 19.8. The van der Waals surface area contributed by atoms with Crippen LogP contribution in [0, 0.1) is 0 Å². The average Bonchev–Trinajstić information content (AvgIpc) is 3.21. The molecule has 0 bridgehead atoms. The highest BCUT2D eigenvalue weighted by atomic mass is 32.1. The van der Waals surface area contributed by atoms with Crippen molar-refractivity contribution in [2.75, 3.05) is 12.4 Å². The third kappa shape index (κ3) is 5.29. The molecule has 0 radical (unpaired) electrons. The molecule has 3 rings (SSSR count). The van der Waals surface area contributed by atoms with Crippen molar-refractivity contribution in [3.8, 4) is 22.6 Å². The number of benzene rings is 2. The third-order valence-corrected chi connectivity index (χ3v) is 4.83. The number of rotatable bonds is 8. The summed E-state index contributed by atoms with van der Waals surface area (Å²) in [7, 11) is 1.55. The number of halogens is 2. The Morgan fingerprint density at radius 2 is 1.93 bits per heavy atom. The van der Waals surface area contributed by atoms with E-state index in [-0.39, 0.29) is 11.7 Å². The molecule has 1 N–H and O–H groups in total. The predicted molar refractivity (Wildman–Crippen MR) is 106 cm³/mol. The number of carbonyl (C=O) groups excluding carboxylic acids is 1. The van der Waals surface area contributed by atoms with Gasteiger partial charge in [0.15, 0.2) is 0 Å². The Morgan fingerprint density at radius 1 is 1.14 bits per heavy atom. The normalized spacial score (nSPS) is 10.7. The zero-order valence-electron chi connectivity index (χ0n) is 15.2. The minimum Gasteiger partial charge on any atom is -0.497 e. The maximum absolute atomic E-state index is 12.8. The summed E-state index contributed by atoms with van der Waals surface area (Å²) >= 11 is 1.59. The molecule has 0 spiro atoms. The number of methoxy groups -OCH3 is 1. The highest BCUT2D eigenvalue weighted by molar-refractivity contribution is 7.07. The van der Waals surface area contributed by atoms with Crippen LogP contribution in [0.1, 0.15) is 12.0 Å². The molecule has 1 heterocycles. The summed E-state index contributed by atoms with van der Waals surface area (Å²) in [6, 6.07) is 13.5. The van der Waals surface area contributed by atoms with E-state index < -0.39 is 6.61 Å². The largest absolute Gasteiger partial charge is 0.497 e. The van der Waals surface area contributed by atoms with E-state index in [0.717, 1.165) is 5.56 Å². The van der Waals surface area contributed by atoms with Crippen LogP contribution in [-0.2, 0) is 11.2 Å². The second-order valence-corrected chi connectivity index (χ2v) is 6.78. The molecule has 0 fully saturated rings. The molecule has 7 heteroatoms. The summed E-state index contributed by atoms with van der Waals surface area (Å²) in [5.41, 5.74) is 2.76. The molecule has 4 nitrogen and oxygen atoms in total. The minimum atomic E-state index is -2.94. The van der Waals surface area contributed by atoms with Crippen molar-refractivity contribution in [3.05, 3.63) is 64.9 Å². The molecule has 1 aromatic heterocycles. The van der Waals surface area contributed by atoms with E-state index in [2.05, 4.69) is 10.1 Å². The van der Waals surface area contributed by atoms with E-state index in [1.54, 1.807) is 54.8 Å². The first-order chi connectivity index (χ1) is 13.5. The fourth-order valence-corrected chi connectivity index (χ4v) is 3.42. The molecule has 0 aliphatic heterocycles. The van der Waals surface area contributed by atoms with Gasteiger partial charge in [0.2, 0.25) is 5.91 Å². The van der Waals surface area contributed by atoms with Gasteiger partial charge in [0.05, 0.1) is 7.11 Å². The zero-order valence-corrected chi connectivity index (χ0v) is 16.0. The van der Waals surface area contributed by atoms with Crippen LogP contribution < -0.4 is 14.8 Å². The van der Waals surface area contributed by atoms with Gasteiger partial charge in [0.1, 0.15) is 11.5 Å². The molecule has 0 aliphatic rings. The van der Waals surface area contributed by atoms with Crippen LogP contribution in [0.25, 0.3) is 11.1 Å². The molecule has 0 atom stereocenters. The first-order valence-electron chi connectivity index (χ1n) is 8.59. The molecular formula is C21H19F2NO3S. The molecule has 2 aromatic carbocycles. The van der Waals surface area contributed by atoms with Gasteiger partial charge in [0.25, 0.3) is 0 Å². The summed E-state index contributed by atoms with van der Waals surface area (Å²) in [6.07, 6.45) is 0.983. The smallest absolute Gasteiger partial charge is 0.387 e. The van der Waals surface area contributed by atoms with Crippen LogP contribution in [0.2, 0.25) is 0 Å². The van der Waals surface area contributed by atoms with Gasteiger partial charge in [-0.25, -0.2) is 0 Å². The molecule has 28 heavy (non-hydrogen) atoms. The number of alkyl halides is 2. The van der Waals surface area contributed by atoms with Gasteiger partial charge in [-0.1, -0.05) is 12.1 Å². The van der Waals surface area contributed by atoms with Crippen molar-refractivity contribution >= 4 is 22.9 Å². The zero-order chi connectivity index (χ0) is 19.9. The number of thiophene rings is 1. The molecule has 0 saturated heterocycles. The van der Waals surface area contributed by atoms with Crippen LogP contribution in [-0.4, -0.2) is 19.6 Å². The summed E-state index contributed by atoms with van der Waals surface area (Å²) in [5, 5.41) is 6.79. The molecule has 3 aromatic rings. The van der Waals surface area contributed by atoms with E-state index in [1.165, 1.54) is 6.07 Å². The third-order valence-electron chi connectivity index (χ3n) is 4.10. The van der Waals surface area contributed by atoms with Crippen LogP contribution >= 0.6 is 11.3 Å². The number of aryl methyl sites for hydroxylation is 1. The van der Waals surface area contributed by atoms with E-state index in [0.29, 0.717) is 35.4 Å². The van der Waals surface area contributed by atoms with Gasteiger partial charge in [0, 0.05) is 17.7 Å². The van der Waals surface area contributed by atoms with Gasteiger partial charge in [-0.05, 0) is 64.7 Å². The van der Waals surface area contributed by atoms with Crippen molar-refractivity contribution in [2.24, 2.45) is 0 Å². The number of hydrogen-bond acceptors (Lipinski definition) is 4. The lowest BCUT2D eigenvalue weighted by Gasteiger charge is -2.14. The molecule has 0 saturated carbocycles. The molecule has 1 amide bonds.